The minimum atomic E-state index is -0.402. The molecular formula is C72H71BrO15. The molecular weight excluding hydrogens is 1180 g/mol. The lowest BCUT2D eigenvalue weighted by Crippen LogP contribution is -2.25. The van der Waals surface area contributed by atoms with Gasteiger partial charge in [-0.15, -0.1) is 0 Å². The number of fused-ring (bicyclic) bond motifs is 5. The first-order valence-corrected chi connectivity index (χ1v) is 29.5. The second kappa shape index (κ2) is 32.4. The molecule has 0 radical (unpaired) electrons. The number of hydrogen-bond acceptors (Lipinski definition) is 15. The number of carbonyl (C=O) groups excluding carboxylic acids is 3. The summed E-state index contributed by atoms with van der Waals surface area (Å²) in [7, 11) is 0. The number of benzene rings is 7. The van der Waals surface area contributed by atoms with Crippen molar-refractivity contribution in [1.82, 2.24) is 0 Å². The third-order valence-corrected chi connectivity index (χ3v) is 13.8. The van der Waals surface area contributed by atoms with Crippen LogP contribution in [0.25, 0.3) is 54.8 Å². The van der Waals surface area contributed by atoms with Crippen molar-refractivity contribution >= 4 is 89.6 Å². The molecule has 0 aliphatic heterocycles. The fraction of sp³-hybridized carbons (Fsp3) is 0.222. The highest BCUT2D eigenvalue weighted by Crippen LogP contribution is 2.27. The van der Waals surface area contributed by atoms with E-state index in [1.165, 1.54) is 39.8 Å². The molecule has 0 aliphatic rings. The second-order valence-electron chi connectivity index (χ2n) is 20.5. The number of phenols is 1. The van der Waals surface area contributed by atoms with E-state index in [2.05, 4.69) is 47.1 Å². The van der Waals surface area contributed by atoms with E-state index in [9.17, 15) is 19.2 Å². The molecule has 5 aromatic heterocycles. The van der Waals surface area contributed by atoms with Crippen molar-refractivity contribution in [1.29, 1.82) is 0 Å². The SMILES string of the molecule is CCOC(COc1ccc(C)cc1C=O)OCC.Cc1ccc(O)c(C=O)c1.Cc1ccc2oc(C=O)cc2c1.Cc1ccc2oc(CBr)cc2c1.Cc1ccc2oc(CO)cc2c1.Cc1ccc2oc(COc3ccc4c(C)cc(=O)oc4c3)cc2c1. The van der Waals surface area contributed by atoms with Gasteiger partial charge < -0.3 is 51.2 Å². The Kier molecular flexibility index (Phi) is 24.4. The third kappa shape index (κ3) is 19.1. The lowest BCUT2D eigenvalue weighted by molar-refractivity contribution is -0.152. The molecule has 16 heteroatoms. The first-order chi connectivity index (χ1) is 42.4. The Morgan fingerprint density at radius 1 is 0.477 bits per heavy atom. The van der Waals surface area contributed by atoms with Crippen LogP contribution < -0.4 is 15.1 Å². The molecule has 0 spiro atoms. The maximum atomic E-state index is 11.5. The van der Waals surface area contributed by atoms with Crippen LogP contribution in [0.5, 0.6) is 17.2 Å². The number of phenolic OH excluding ortho intramolecular Hbond substituents is 1. The number of aldehydes is 3. The van der Waals surface area contributed by atoms with Gasteiger partial charge in [-0.2, -0.15) is 0 Å². The van der Waals surface area contributed by atoms with E-state index in [0.29, 0.717) is 65.8 Å². The van der Waals surface area contributed by atoms with Gasteiger partial charge in [-0.3, -0.25) is 14.4 Å². The topological polar surface area (TPSA) is 211 Å². The van der Waals surface area contributed by atoms with Gasteiger partial charge in [-0.1, -0.05) is 85.7 Å². The van der Waals surface area contributed by atoms with Crippen LogP contribution in [0, 0.1) is 48.5 Å². The molecule has 12 rings (SSSR count). The third-order valence-electron chi connectivity index (χ3n) is 13.2. The second-order valence-corrected chi connectivity index (χ2v) is 21.1. The van der Waals surface area contributed by atoms with Gasteiger partial charge in [0.15, 0.2) is 30.9 Å². The minimum absolute atomic E-state index is 0.0340. The van der Waals surface area contributed by atoms with Crippen LogP contribution in [0.1, 0.15) is 101 Å². The van der Waals surface area contributed by atoms with Crippen LogP contribution in [0.2, 0.25) is 0 Å². The number of carbonyl (C=O) groups is 3. The fourth-order valence-electron chi connectivity index (χ4n) is 8.99. The van der Waals surface area contributed by atoms with Gasteiger partial charge in [-0.05, 0) is 177 Å². The summed E-state index contributed by atoms with van der Waals surface area (Å²) in [5.74, 6) is 3.97. The predicted molar refractivity (Wildman–Crippen MR) is 347 cm³/mol. The summed E-state index contributed by atoms with van der Waals surface area (Å²) in [5, 5.41) is 23.8. The van der Waals surface area contributed by atoms with Crippen LogP contribution in [-0.2, 0) is 28.0 Å². The monoisotopic (exact) mass is 1250 g/mol. The summed E-state index contributed by atoms with van der Waals surface area (Å²) in [4.78, 5) is 43.0. The van der Waals surface area contributed by atoms with Crippen molar-refractivity contribution in [2.75, 3.05) is 19.8 Å². The molecule has 88 heavy (non-hydrogen) atoms. The minimum Gasteiger partial charge on any atom is -0.507 e. The highest BCUT2D eigenvalue weighted by Gasteiger charge is 2.12. The van der Waals surface area contributed by atoms with E-state index >= 15 is 0 Å². The van der Waals surface area contributed by atoms with E-state index in [0.717, 1.165) is 90.0 Å². The summed E-state index contributed by atoms with van der Waals surface area (Å²) in [6.07, 6.45) is 1.75. The summed E-state index contributed by atoms with van der Waals surface area (Å²) in [6, 6.07) is 49.0. The van der Waals surface area contributed by atoms with Crippen molar-refractivity contribution in [2.24, 2.45) is 0 Å². The summed E-state index contributed by atoms with van der Waals surface area (Å²) < 4.78 is 49.1. The highest BCUT2D eigenvalue weighted by atomic mass is 79.9. The van der Waals surface area contributed by atoms with Crippen LogP contribution in [0.15, 0.2) is 185 Å². The standard InChI is InChI=1S/C20H16O4.C14H20O4.C10H9BrO.C10H10O2.C10H8O2.C8H8O2/c1-12-3-6-18-14(7-12)9-16(23-18)11-22-15-4-5-17-13(2)8-20(21)24-19(17)10-15;1-4-16-14(17-5-2)10-18-13-7-6-11(3)8-12(13)9-15;3*1-7-2-3-10-8(4-7)5-9(6-11)12-10;1-6-2-3-8(10)7(4-6)5-9/h3-10H,11H2,1-2H3;6-9,14H,4-5,10H2,1-3H3;2-5H,6H2,1H3;2-5,11H,6H2,1H3;2-6H,1H3;2-5,10H,1H3. The van der Waals surface area contributed by atoms with E-state index in [1.807, 2.05) is 140 Å². The maximum Gasteiger partial charge on any atom is 0.336 e. The lowest BCUT2D eigenvalue weighted by Gasteiger charge is -2.18. The molecule has 0 saturated carbocycles. The molecule has 456 valence electrons. The number of aromatic hydroxyl groups is 1. The Hall–Kier alpha value is -9.32. The zero-order valence-corrected chi connectivity index (χ0v) is 52.2. The van der Waals surface area contributed by atoms with E-state index in [-0.39, 0.29) is 24.6 Å². The number of rotatable bonds is 15. The fourth-order valence-corrected chi connectivity index (χ4v) is 9.27. The Labute approximate surface area is 518 Å². The van der Waals surface area contributed by atoms with Crippen LogP contribution in [0.4, 0.5) is 0 Å². The summed E-state index contributed by atoms with van der Waals surface area (Å²) in [5.41, 5.74) is 12.2. The Morgan fingerprint density at radius 2 is 0.955 bits per heavy atom. The van der Waals surface area contributed by atoms with E-state index in [1.54, 1.807) is 36.4 Å². The van der Waals surface area contributed by atoms with Crippen LogP contribution in [0.3, 0.4) is 0 Å². The molecule has 0 bridgehead atoms. The van der Waals surface area contributed by atoms with Gasteiger partial charge in [0.05, 0.1) is 16.5 Å². The van der Waals surface area contributed by atoms with Crippen molar-refractivity contribution < 1.29 is 65.6 Å². The average Bonchev–Trinajstić information content (AvgIpc) is 3.91. The largest absolute Gasteiger partial charge is 0.507 e. The number of aryl methyl sites for hydroxylation is 7. The quantitative estimate of drug-likeness (QED) is 0.0423. The normalized spacial score (nSPS) is 10.7. The summed E-state index contributed by atoms with van der Waals surface area (Å²) in [6.45, 7) is 19.3. The van der Waals surface area contributed by atoms with Crippen molar-refractivity contribution in [3.05, 3.63) is 241 Å². The molecule has 12 aromatic rings. The van der Waals surface area contributed by atoms with Gasteiger partial charge in [0.25, 0.3) is 0 Å². The van der Waals surface area contributed by atoms with Crippen LogP contribution in [-0.4, -0.2) is 55.2 Å². The number of furan rings is 4. The van der Waals surface area contributed by atoms with E-state index in [4.69, 9.17) is 51.2 Å². The number of aliphatic hydroxyl groups is 1. The Bertz CT molecular complexity index is 4240. The van der Waals surface area contributed by atoms with Gasteiger partial charge >= 0.3 is 5.63 Å². The average molecular weight is 1260 g/mol. The van der Waals surface area contributed by atoms with E-state index < -0.39 is 6.29 Å². The molecule has 7 aromatic carbocycles. The molecule has 5 heterocycles. The lowest BCUT2D eigenvalue weighted by atomic mass is 10.1. The zero-order valence-electron chi connectivity index (χ0n) is 50.6. The van der Waals surface area contributed by atoms with Gasteiger partial charge in [0, 0.05) is 52.3 Å². The number of alkyl halides is 1. The Morgan fingerprint density at radius 3 is 1.48 bits per heavy atom. The van der Waals surface area contributed by atoms with Gasteiger partial charge in [0.2, 0.25) is 0 Å². The number of halogens is 1. The van der Waals surface area contributed by atoms with Crippen molar-refractivity contribution in [3.63, 3.8) is 0 Å². The smallest absolute Gasteiger partial charge is 0.336 e. The molecule has 0 fully saturated rings. The molecule has 0 unspecified atom stereocenters. The highest BCUT2D eigenvalue weighted by molar-refractivity contribution is 9.08. The zero-order chi connectivity index (χ0) is 63.3. The Balaban J connectivity index is 0.000000155. The number of hydrogen-bond donors (Lipinski definition) is 2. The maximum absolute atomic E-state index is 11.5. The molecule has 2 N–H and O–H groups in total. The number of ether oxygens (including phenoxy) is 4. The molecule has 0 amide bonds. The summed E-state index contributed by atoms with van der Waals surface area (Å²) >= 11 is 3.36. The van der Waals surface area contributed by atoms with Crippen molar-refractivity contribution in [3.8, 4) is 17.2 Å². The van der Waals surface area contributed by atoms with Gasteiger partial charge in [0.1, 0.15) is 82.3 Å². The van der Waals surface area contributed by atoms with Gasteiger partial charge in [-0.25, -0.2) is 4.79 Å². The van der Waals surface area contributed by atoms with Crippen molar-refractivity contribution in [2.45, 2.75) is 87.1 Å². The number of aliphatic hydroxyl groups excluding tert-OH is 1. The molecule has 0 saturated heterocycles. The van der Waals surface area contributed by atoms with Crippen LogP contribution >= 0.6 is 15.9 Å². The first kappa shape index (κ1) is 66.2. The molecule has 15 nitrogen and oxygen atoms in total. The first-order valence-electron chi connectivity index (χ1n) is 28.3. The molecule has 0 aliphatic carbocycles. The predicted octanol–water partition coefficient (Wildman–Crippen LogP) is 17.3. The molecule has 0 atom stereocenters.